The first-order valence-corrected chi connectivity index (χ1v) is 8.22. The number of aromatic nitrogens is 2. The Balaban J connectivity index is 1.71. The lowest BCUT2D eigenvalue weighted by atomic mass is 10.0. The van der Waals surface area contributed by atoms with E-state index in [1.807, 2.05) is 32.0 Å². The van der Waals surface area contributed by atoms with Gasteiger partial charge in [0.1, 0.15) is 11.4 Å². The molecule has 3 heterocycles. The van der Waals surface area contributed by atoms with Gasteiger partial charge in [-0.05, 0) is 50.5 Å². The first-order valence-electron chi connectivity index (χ1n) is 8.22. The normalized spacial score (nSPS) is 17.6. The maximum atomic E-state index is 12.5. The Morgan fingerprint density at radius 1 is 1.38 bits per heavy atom. The lowest BCUT2D eigenvalue weighted by molar-refractivity contribution is 0.0931. The molecule has 6 nitrogen and oxygen atoms in total. The van der Waals surface area contributed by atoms with Crippen molar-refractivity contribution in [1.82, 2.24) is 15.3 Å². The quantitative estimate of drug-likeness (QED) is 0.901. The highest BCUT2D eigenvalue weighted by atomic mass is 16.2. The lowest BCUT2D eigenvalue weighted by Gasteiger charge is -2.33. The summed E-state index contributed by atoms with van der Waals surface area (Å²) in [6.45, 7) is 5.33. The van der Waals surface area contributed by atoms with E-state index < -0.39 is 0 Å². The Bertz CT molecular complexity index is 785. The standard InChI is InChI=1S/C18H22N4O2/c1-12-10-15(17(23)20-13(12)2)18(24)21-14-6-5-9-22(11-14)16-7-3-4-8-19-16/h3-4,7-8,10,14H,5-6,9,11H2,1-2H3,(H,20,23)(H,21,24)/t14-/m0/s1. The molecule has 0 unspecified atom stereocenters. The number of aryl methyl sites for hydroxylation is 2. The SMILES string of the molecule is Cc1cc(C(=O)N[C@H]2CCCN(c3ccccn3)C2)c(=O)[nH]c1C. The minimum absolute atomic E-state index is 0.00858. The van der Waals surface area contributed by atoms with Crippen LogP contribution in [0.1, 0.15) is 34.5 Å². The van der Waals surface area contributed by atoms with Gasteiger partial charge in [0.25, 0.3) is 11.5 Å². The molecule has 0 aliphatic carbocycles. The zero-order valence-corrected chi connectivity index (χ0v) is 14.0. The van der Waals surface area contributed by atoms with E-state index in [4.69, 9.17) is 0 Å². The number of aromatic amines is 1. The summed E-state index contributed by atoms with van der Waals surface area (Å²) >= 11 is 0. The second-order valence-electron chi connectivity index (χ2n) is 6.27. The van der Waals surface area contributed by atoms with Crippen LogP contribution in [0.3, 0.4) is 0 Å². The van der Waals surface area contributed by atoms with Crippen LogP contribution in [0.15, 0.2) is 35.3 Å². The van der Waals surface area contributed by atoms with Crippen LogP contribution < -0.4 is 15.8 Å². The zero-order chi connectivity index (χ0) is 17.1. The highest BCUT2D eigenvalue weighted by Gasteiger charge is 2.23. The predicted octanol–water partition coefficient (Wildman–Crippen LogP) is 1.79. The van der Waals surface area contributed by atoms with E-state index in [2.05, 4.69) is 20.2 Å². The zero-order valence-electron chi connectivity index (χ0n) is 14.0. The van der Waals surface area contributed by atoms with E-state index in [1.165, 1.54) is 0 Å². The van der Waals surface area contributed by atoms with Crippen molar-refractivity contribution >= 4 is 11.7 Å². The van der Waals surface area contributed by atoms with Gasteiger partial charge in [-0.15, -0.1) is 0 Å². The number of H-pyrrole nitrogens is 1. The van der Waals surface area contributed by atoms with E-state index in [0.717, 1.165) is 36.5 Å². The number of hydrogen-bond acceptors (Lipinski definition) is 4. The minimum atomic E-state index is -0.340. The number of carbonyl (C=O) groups excluding carboxylic acids is 1. The minimum Gasteiger partial charge on any atom is -0.355 e. The second-order valence-corrected chi connectivity index (χ2v) is 6.27. The molecule has 0 radical (unpaired) electrons. The third kappa shape index (κ3) is 3.48. The van der Waals surface area contributed by atoms with Gasteiger partial charge in [-0.1, -0.05) is 6.07 Å². The van der Waals surface area contributed by atoms with Gasteiger partial charge in [0.05, 0.1) is 0 Å². The topological polar surface area (TPSA) is 78.1 Å². The van der Waals surface area contributed by atoms with Crippen LogP contribution in [0.2, 0.25) is 0 Å². The highest BCUT2D eigenvalue weighted by Crippen LogP contribution is 2.17. The van der Waals surface area contributed by atoms with Crippen molar-refractivity contribution in [2.45, 2.75) is 32.7 Å². The van der Waals surface area contributed by atoms with Gasteiger partial charge in [0, 0.05) is 31.0 Å². The van der Waals surface area contributed by atoms with Crippen molar-refractivity contribution in [2.24, 2.45) is 0 Å². The maximum absolute atomic E-state index is 12.5. The number of pyridine rings is 2. The summed E-state index contributed by atoms with van der Waals surface area (Å²) in [5, 5.41) is 2.99. The lowest BCUT2D eigenvalue weighted by Crippen LogP contribution is -2.48. The number of nitrogens with zero attached hydrogens (tertiary/aromatic N) is 2. The molecule has 0 spiro atoms. The predicted molar refractivity (Wildman–Crippen MR) is 93.5 cm³/mol. The molecule has 1 fully saturated rings. The molecule has 126 valence electrons. The molecule has 24 heavy (non-hydrogen) atoms. The molecule has 2 aromatic rings. The summed E-state index contributed by atoms with van der Waals surface area (Å²) in [4.78, 5) is 33.8. The fraction of sp³-hybridized carbons (Fsp3) is 0.389. The molecule has 2 aromatic heterocycles. The van der Waals surface area contributed by atoms with Crippen molar-refractivity contribution in [1.29, 1.82) is 0 Å². The van der Waals surface area contributed by atoms with Gasteiger partial charge in [-0.25, -0.2) is 4.98 Å². The molecule has 0 bridgehead atoms. The Labute approximate surface area is 140 Å². The van der Waals surface area contributed by atoms with E-state index in [1.54, 1.807) is 12.3 Å². The molecule has 1 aliphatic rings. The Morgan fingerprint density at radius 2 is 2.21 bits per heavy atom. The smallest absolute Gasteiger partial charge is 0.261 e. The van der Waals surface area contributed by atoms with Crippen LogP contribution in [0, 0.1) is 13.8 Å². The first-order chi connectivity index (χ1) is 11.5. The summed E-state index contributed by atoms with van der Waals surface area (Å²) in [6.07, 6.45) is 3.65. The Morgan fingerprint density at radius 3 is 2.96 bits per heavy atom. The van der Waals surface area contributed by atoms with Gasteiger partial charge in [0.15, 0.2) is 0 Å². The van der Waals surface area contributed by atoms with Gasteiger partial charge < -0.3 is 15.2 Å². The number of hydrogen-bond donors (Lipinski definition) is 2. The largest absolute Gasteiger partial charge is 0.355 e. The van der Waals surface area contributed by atoms with Crippen molar-refractivity contribution < 1.29 is 4.79 Å². The van der Waals surface area contributed by atoms with Crippen LogP contribution >= 0.6 is 0 Å². The molecule has 0 saturated carbocycles. The number of carbonyl (C=O) groups is 1. The van der Waals surface area contributed by atoms with Crippen LogP contribution in [0.5, 0.6) is 0 Å². The van der Waals surface area contributed by atoms with Gasteiger partial charge >= 0.3 is 0 Å². The summed E-state index contributed by atoms with van der Waals surface area (Å²) in [6, 6.07) is 7.48. The van der Waals surface area contributed by atoms with Gasteiger partial charge in [-0.3, -0.25) is 9.59 Å². The Hall–Kier alpha value is -2.63. The maximum Gasteiger partial charge on any atom is 0.261 e. The molecule has 3 rings (SSSR count). The molecule has 1 atom stereocenters. The molecule has 1 amide bonds. The van der Waals surface area contributed by atoms with E-state index >= 15 is 0 Å². The van der Waals surface area contributed by atoms with Crippen LogP contribution in [0.25, 0.3) is 0 Å². The molecule has 0 aromatic carbocycles. The number of rotatable bonds is 3. The van der Waals surface area contributed by atoms with Crippen molar-refractivity contribution in [3.8, 4) is 0 Å². The number of anilines is 1. The van der Waals surface area contributed by atoms with Crippen molar-refractivity contribution in [2.75, 3.05) is 18.0 Å². The molecule has 6 heteroatoms. The van der Waals surface area contributed by atoms with Gasteiger partial charge in [0.2, 0.25) is 0 Å². The summed E-state index contributed by atoms with van der Waals surface area (Å²) in [7, 11) is 0. The van der Waals surface area contributed by atoms with E-state index in [0.29, 0.717) is 6.54 Å². The summed E-state index contributed by atoms with van der Waals surface area (Å²) in [5.41, 5.74) is 1.52. The molecular formula is C18H22N4O2. The fourth-order valence-corrected chi connectivity index (χ4v) is 3.00. The molecule has 2 N–H and O–H groups in total. The van der Waals surface area contributed by atoms with Crippen LogP contribution in [-0.4, -0.2) is 35.0 Å². The first kappa shape index (κ1) is 16.2. The number of amides is 1. The second kappa shape index (κ2) is 6.86. The number of nitrogens with one attached hydrogen (secondary N) is 2. The van der Waals surface area contributed by atoms with E-state index in [-0.39, 0.29) is 23.1 Å². The van der Waals surface area contributed by atoms with Crippen molar-refractivity contribution in [3.63, 3.8) is 0 Å². The molecule has 1 aliphatic heterocycles. The summed E-state index contributed by atoms with van der Waals surface area (Å²) in [5.74, 6) is 0.604. The average Bonchev–Trinajstić information content (AvgIpc) is 2.59. The van der Waals surface area contributed by atoms with Crippen LogP contribution in [-0.2, 0) is 0 Å². The third-order valence-electron chi connectivity index (χ3n) is 4.47. The van der Waals surface area contributed by atoms with Gasteiger partial charge in [-0.2, -0.15) is 0 Å². The summed E-state index contributed by atoms with van der Waals surface area (Å²) < 4.78 is 0. The monoisotopic (exact) mass is 326 g/mol. The van der Waals surface area contributed by atoms with E-state index in [9.17, 15) is 9.59 Å². The Kier molecular flexibility index (Phi) is 4.64. The highest BCUT2D eigenvalue weighted by molar-refractivity contribution is 5.94. The number of piperidine rings is 1. The molecular weight excluding hydrogens is 304 g/mol. The van der Waals surface area contributed by atoms with Crippen LogP contribution in [0.4, 0.5) is 5.82 Å². The molecule has 1 saturated heterocycles. The third-order valence-corrected chi connectivity index (χ3v) is 4.47. The fourth-order valence-electron chi connectivity index (χ4n) is 3.00. The van der Waals surface area contributed by atoms with Crippen molar-refractivity contribution in [3.05, 3.63) is 57.6 Å². The average molecular weight is 326 g/mol.